The van der Waals surface area contributed by atoms with Gasteiger partial charge in [-0.3, -0.25) is 4.90 Å². The Bertz CT molecular complexity index is 1420. The Kier molecular flexibility index (Phi) is 7.62. The van der Waals surface area contributed by atoms with Crippen LogP contribution in [0.15, 0.2) is 70.7 Å². The zero-order valence-corrected chi connectivity index (χ0v) is 22.6. The number of nitrogens with zero attached hydrogens (tertiary/aromatic N) is 6. The van der Waals surface area contributed by atoms with Crippen molar-refractivity contribution in [2.24, 2.45) is 0 Å². The van der Waals surface area contributed by atoms with E-state index in [1.807, 2.05) is 11.8 Å². The van der Waals surface area contributed by atoms with E-state index in [0.717, 1.165) is 25.3 Å². The highest BCUT2D eigenvalue weighted by atomic mass is 32.2. The summed E-state index contributed by atoms with van der Waals surface area (Å²) < 4.78 is 8.36. The van der Waals surface area contributed by atoms with E-state index in [0.29, 0.717) is 13.2 Å². The third-order valence-electron chi connectivity index (χ3n) is 6.62. The van der Waals surface area contributed by atoms with Crippen molar-refractivity contribution in [1.29, 1.82) is 0 Å². The van der Waals surface area contributed by atoms with Crippen LogP contribution < -0.4 is 19.2 Å². The maximum absolute atomic E-state index is 5.99. The molecule has 2 aromatic heterocycles. The minimum absolute atomic E-state index is 0.386. The first kappa shape index (κ1) is 25.1. The van der Waals surface area contributed by atoms with Crippen molar-refractivity contribution in [2.45, 2.75) is 31.9 Å². The van der Waals surface area contributed by atoms with Gasteiger partial charge in [-0.1, -0.05) is 46.9 Å². The Balaban J connectivity index is 1.48. The Labute approximate surface area is 222 Å². The summed E-state index contributed by atoms with van der Waals surface area (Å²) in [6, 6.07) is 19.5. The van der Waals surface area contributed by atoms with Gasteiger partial charge < -0.3 is 14.5 Å². The molecule has 0 N–H and O–H groups in total. The van der Waals surface area contributed by atoms with Crippen molar-refractivity contribution < 1.29 is 14.1 Å². The Morgan fingerprint density at radius 1 is 1.08 bits per heavy atom. The number of hydrogen-bond donors (Lipinski definition) is 0. The van der Waals surface area contributed by atoms with E-state index in [2.05, 4.69) is 106 Å². The standard InChI is InChI=1S/C28H33N6O2S/c1-5-32(6-2)27-17-21(18-28-31(3)25-13-9-10-14-26(25)37-28)23-11-7-8-12-24(23)33(27)15-16-36-20-22-19-34(35-4)30-29-22/h7-14,17-19H,5-6,15-16,20H2,1-4H3/q+1. The Hall–Kier alpha value is -3.56. The van der Waals surface area contributed by atoms with Gasteiger partial charge in [-0.25, -0.2) is 4.57 Å². The third kappa shape index (κ3) is 5.14. The molecule has 0 spiro atoms. The lowest BCUT2D eigenvalue weighted by Gasteiger charge is -2.20. The lowest BCUT2D eigenvalue weighted by molar-refractivity contribution is -0.661. The lowest BCUT2D eigenvalue weighted by Crippen LogP contribution is -2.44. The molecule has 0 unspecified atom stereocenters. The first-order chi connectivity index (χ1) is 18.1. The predicted octanol–water partition coefficient (Wildman–Crippen LogP) is 4.38. The molecule has 9 heteroatoms. The van der Waals surface area contributed by atoms with Crippen LogP contribution >= 0.6 is 11.8 Å². The topological polar surface area (TPSA) is 59.5 Å². The van der Waals surface area contributed by atoms with E-state index in [-0.39, 0.29) is 0 Å². The lowest BCUT2D eigenvalue weighted by atomic mass is 10.1. The van der Waals surface area contributed by atoms with Crippen LogP contribution in [0.2, 0.25) is 0 Å². The molecule has 0 fully saturated rings. The van der Waals surface area contributed by atoms with Crippen molar-refractivity contribution in [1.82, 2.24) is 15.2 Å². The van der Waals surface area contributed by atoms with Crippen LogP contribution in [0.25, 0.3) is 17.0 Å². The quantitative estimate of drug-likeness (QED) is 0.229. The second-order valence-corrected chi connectivity index (χ2v) is 9.82. The van der Waals surface area contributed by atoms with Crippen LogP contribution in [0, 0.1) is 0 Å². The average molecular weight is 518 g/mol. The highest BCUT2D eigenvalue weighted by Crippen LogP contribution is 2.45. The molecule has 0 amide bonds. The summed E-state index contributed by atoms with van der Waals surface area (Å²) >= 11 is 1.82. The minimum atomic E-state index is 0.386. The maximum Gasteiger partial charge on any atom is 0.277 e. The van der Waals surface area contributed by atoms with Crippen molar-refractivity contribution in [3.63, 3.8) is 0 Å². The SMILES string of the molecule is CCN(CC)c1cc(C=C2Sc3ccccc3N2C)c2ccccc2[n+]1CCOCc1cn(OC)nn1. The number of ether oxygens (including phenoxy) is 1. The van der Waals surface area contributed by atoms with Crippen LogP contribution in [0.3, 0.4) is 0 Å². The molecule has 0 aliphatic carbocycles. The largest absolute Gasteiger partial charge is 0.399 e. The normalized spacial score (nSPS) is 13.9. The molecule has 4 aromatic rings. The van der Waals surface area contributed by atoms with Gasteiger partial charge in [0, 0.05) is 23.4 Å². The van der Waals surface area contributed by atoms with Crippen LogP contribution in [0.4, 0.5) is 11.5 Å². The van der Waals surface area contributed by atoms with Gasteiger partial charge in [-0.15, -0.1) is 5.10 Å². The number of fused-ring (bicyclic) bond motifs is 2. The van der Waals surface area contributed by atoms with Crippen LogP contribution in [-0.2, 0) is 17.9 Å². The first-order valence-electron chi connectivity index (χ1n) is 12.6. The summed E-state index contributed by atoms with van der Waals surface area (Å²) in [5, 5.41) is 10.4. The fourth-order valence-electron chi connectivity index (χ4n) is 4.68. The van der Waals surface area contributed by atoms with Gasteiger partial charge in [0.2, 0.25) is 0 Å². The molecule has 37 heavy (non-hydrogen) atoms. The first-order valence-corrected chi connectivity index (χ1v) is 13.4. The third-order valence-corrected chi connectivity index (χ3v) is 7.79. The van der Waals surface area contributed by atoms with Crippen molar-refractivity contribution in [2.75, 3.05) is 43.7 Å². The molecule has 192 valence electrons. The summed E-state index contributed by atoms with van der Waals surface area (Å²) in [5.74, 6) is 1.19. The molecule has 0 saturated carbocycles. The van der Waals surface area contributed by atoms with Crippen LogP contribution in [-0.4, -0.2) is 49.0 Å². The molecular formula is C28H33N6O2S+. The van der Waals surface area contributed by atoms with Gasteiger partial charge >= 0.3 is 0 Å². The molecule has 0 bridgehead atoms. The summed E-state index contributed by atoms with van der Waals surface area (Å²) in [7, 11) is 3.70. The number of pyridine rings is 1. The fourth-order valence-corrected chi connectivity index (χ4v) is 5.79. The summed E-state index contributed by atoms with van der Waals surface area (Å²) in [4.78, 5) is 12.3. The van der Waals surface area contributed by atoms with Crippen LogP contribution in [0.5, 0.6) is 0 Å². The van der Waals surface area contributed by atoms with Gasteiger partial charge in [0.05, 0.1) is 43.2 Å². The van der Waals surface area contributed by atoms with E-state index < -0.39 is 0 Å². The molecule has 0 atom stereocenters. The fraction of sp³-hybridized carbons (Fsp3) is 0.321. The molecule has 8 nitrogen and oxygen atoms in total. The van der Waals surface area contributed by atoms with E-state index in [4.69, 9.17) is 9.57 Å². The van der Waals surface area contributed by atoms with Crippen molar-refractivity contribution >= 4 is 40.2 Å². The highest BCUT2D eigenvalue weighted by Gasteiger charge is 2.24. The molecule has 3 heterocycles. The number of rotatable bonds is 10. The van der Waals surface area contributed by atoms with Gasteiger partial charge in [0.15, 0.2) is 0 Å². The molecular weight excluding hydrogens is 484 g/mol. The van der Waals surface area contributed by atoms with E-state index in [9.17, 15) is 0 Å². The molecule has 1 aliphatic heterocycles. The van der Waals surface area contributed by atoms with Crippen molar-refractivity contribution in [3.8, 4) is 0 Å². The zero-order chi connectivity index (χ0) is 25.8. The van der Waals surface area contributed by atoms with E-state index in [1.54, 1.807) is 13.3 Å². The van der Waals surface area contributed by atoms with Gasteiger partial charge in [0.25, 0.3) is 5.82 Å². The summed E-state index contributed by atoms with van der Waals surface area (Å²) in [5.41, 5.74) is 4.39. The summed E-state index contributed by atoms with van der Waals surface area (Å²) in [6.07, 6.45) is 4.04. The van der Waals surface area contributed by atoms with Gasteiger partial charge in [-0.05, 0) is 48.9 Å². The van der Waals surface area contributed by atoms with Crippen molar-refractivity contribution in [3.05, 3.63) is 77.1 Å². The number of aromatic nitrogens is 4. The van der Waals surface area contributed by atoms with E-state index in [1.165, 1.54) is 42.7 Å². The molecule has 0 saturated heterocycles. The second kappa shape index (κ2) is 11.2. The number of para-hydroxylation sites is 2. The second-order valence-electron chi connectivity index (χ2n) is 8.76. The molecule has 2 aromatic carbocycles. The van der Waals surface area contributed by atoms with Gasteiger partial charge in [0.1, 0.15) is 24.9 Å². The molecule has 0 radical (unpaired) electrons. The van der Waals surface area contributed by atoms with Gasteiger partial charge in [-0.2, -0.15) is 0 Å². The average Bonchev–Trinajstić information content (AvgIpc) is 3.52. The maximum atomic E-state index is 5.99. The smallest absolute Gasteiger partial charge is 0.277 e. The monoisotopic (exact) mass is 517 g/mol. The number of thioether (sulfide) groups is 1. The minimum Gasteiger partial charge on any atom is -0.399 e. The highest BCUT2D eigenvalue weighted by molar-refractivity contribution is 8.03. The Morgan fingerprint density at radius 3 is 2.62 bits per heavy atom. The number of benzene rings is 2. The van der Waals surface area contributed by atoms with E-state index >= 15 is 0 Å². The summed E-state index contributed by atoms with van der Waals surface area (Å²) in [6.45, 7) is 7.91. The number of anilines is 2. The molecule has 1 aliphatic rings. The predicted molar refractivity (Wildman–Crippen MR) is 149 cm³/mol. The Morgan fingerprint density at radius 2 is 1.86 bits per heavy atom. The number of hydrogen-bond acceptors (Lipinski definition) is 7. The van der Waals surface area contributed by atoms with Crippen LogP contribution in [0.1, 0.15) is 25.1 Å². The molecule has 5 rings (SSSR count). The zero-order valence-electron chi connectivity index (χ0n) is 21.8.